The van der Waals surface area contributed by atoms with Crippen LogP contribution in [0.25, 0.3) is 0 Å². The van der Waals surface area contributed by atoms with Crippen LogP contribution in [0.5, 0.6) is 0 Å². The second-order valence-electron chi connectivity index (χ2n) is 4.28. The molecule has 0 fully saturated rings. The molecule has 1 aliphatic rings. The van der Waals surface area contributed by atoms with Gasteiger partial charge < -0.3 is 5.32 Å². The average molecular weight is 261 g/mol. The number of hydrogen-bond donors (Lipinski definition) is 1. The van der Waals surface area contributed by atoms with Gasteiger partial charge in [-0.1, -0.05) is 23.8 Å². The van der Waals surface area contributed by atoms with Gasteiger partial charge in [-0.15, -0.1) is 0 Å². The molecule has 0 aliphatic heterocycles. The summed E-state index contributed by atoms with van der Waals surface area (Å²) in [6.07, 6.45) is 6.76. The summed E-state index contributed by atoms with van der Waals surface area (Å²) in [6.45, 7) is 0. The molecule has 3 nitrogen and oxygen atoms in total. The Morgan fingerprint density at radius 3 is 2.89 bits per heavy atom. The number of hydrogen-bond acceptors (Lipinski definition) is 2. The van der Waals surface area contributed by atoms with Crippen LogP contribution >= 0.6 is 11.6 Å². The van der Waals surface area contributed by atoms with Crippen LogP contribution in [0.3, 0.4) is 0 Å². The molecule has 1 N–H and O–H groups in total. The minimum Gasteiger partial charge on any atom is -0.326 e. The molecule has 0 saturated heterocycles. The van der Waals surface area contributed by atoms with Crippen molar-refractivity contribution in [1.82, 2.24) is 0 Å². The number of nitriles is 1. The van der Waals surface area contributed by atoms with Gasteiger partial charge in [0.1, 0.15) is 6.07 Å². The Morgan fingerprint density at radius 2 is 2.28 bits per heavy atom. The fourth-order valence-electron chi connectivity index (χ4n) is 1.96. The number of benzene rings is 1. The number of rotatable bonds is 2. The minimum atomic E-state index is 0.0140. The molecule has 92 valence electrons. The molecule has 0 saturated carbocycles. The van der Waals surface area contributed by atoms with Crippen LogP contribution in [0.4, 0.5) is 5.69 Å². The van der Waals surface area contributed by atoms with Crippen molar-refractivity contribution in [1.29, 1.82) is 5.26 Å². The van der Waals surface area contributed by atoms with Crippen molar-refractivity contribution in [2.24, 2.45) is 5.92 Å². The average Bonchev–Trinajstić information content (AvgIpc) is 2.40. The molecule has 0 heterocycles. The number of nitrogens with one attached hydrogen (secondary N) is 1. The van der Waals surface area contributed by atoms with E-state index in [0.717, 1.165) is 19.3 Å². The Hall–Kier alpha value is -1.79. The summed E-state index contributed by atoms with van der Waals surface area (Å²) in [5.74, 6) is 0.0459. The van der Waals surface area contributed by atoms with E-state index in [0.29, 0.717) is 16.3 Å². The Morgan fingerprint density at radius 1 is 1.44 bits per heavy atom. The van der Waals surface area contributed by atoms with E-state index >= 15 is 0 Å². The lowest BCUT2D eigenvalue weighted by Crippen LogP contribution is -2.23. The van der Waals surface area contributed by atoms with Crippen LogP contribution in [0.1, 0.15) is 24.8 Å². The first kappa shape index (κ1) is 12.7. The standard InChI is InChI=1S/C14H13ClN2O/c15-13-8-12(7-6-11(13)9-16)17-14(18)10-4-2-1-3-5-10/h1-2,6-8,10H,3-5H2,(H,17,18). The smallest absolute Gasteiger partial charge is 0.227 e. The SMILES string of the molecule is N#Cc1ccc(NC(=O)C2CC=CCC2)cc1Cl. The summed E-state index contributed by atoms with van der Waals surface area (Å²) in [4.78, 5) is 12.0. The number of halogens is 1. The van der Waals surface area contributed by atoms with Gasteiger partial charge in [0.25, 0.3) is 0 Å². The molecule has 0 aromatic heterocycles. The summed E-state index contributed by atoms with van der Waals surface area (Å²) < 4.78 is 0. The van der Waals surface area contributed by atoms with Crippen molar-refractivity contribution in [3.05, 3.63) is 40.9 Å². The molecule has 18 heavy (non-hydrogen) atoms. The van der Waals surface area contributed by atoms with Gasteiger partial charge in [-0.05, 0) is 37.5 Å². The van der Waals surface area contributed by atoms with E-state index in [2.05, 4.69) is 11.4 Å². The van der Waals surface area contributed by atoms with Gasteiger partial charge in [-0.2, -0.15) is 5.26 Å². The summed E-state index contributed by atoms with van der Waals surface area (Å²) >= 11 is 5.91. The third-order valence-electron chi connectivity index (χ3n) is 3.00. The van der Waals surface area contributed by atoms with Crippen LogP contribution < -0.4 is 5.32 Å². The molecule has 4 heteroatoms. The van der Waals surface area contributed by atoms with Crippen molar-refractivity contribution in [2.75, 3.05) is 5.32 Å². The van der Waals surface area contributed by atoms with Gasteiger partial charge in [0, 0.05) is 11.6 Å². The zero-order valence-electron chi connectivity index (χ0n) is 9.82. The summed E-state index contributed by atoms with van der Waals surface area (Å²) in [7, 11) is 0. The van der Waals surface area contributed by atoms with Crippen LogP contribution in [0.2, 0.25) is 5.02 Å². The maximum atomic E-state index is 12.0. The number of carbonyl (C=O) groups excluding carboxylic acids is 1. The minimum absolute atomic E-state index is 0.0140. The van der Waals surface area contributed by atoms with Gasteiger partial charge in [0.05, 0.1) is 10.6 Å². The second kappa shape index (κ2) is 5.70. The van der Waals surface area contributed by atoms with E-state index in [-0.39, 0.29) is 11.8 Å². The zero-order chi connectivity index (χ0) is 13.0. The number of allylic oxidation sites excluding steroid dienone is 2. The first-order valence-electron chi connectivity index (χ1n) is 5.86. The molecule has 0 radical (unpaired) electrons. The highest BCUT2D eigenvalue weighted by molar-refractivity contribution is 6.32. The summed E-state index contributed by atoms with van der Waals surface area (Å²) in [6, 6.07) is 6.90. The van der Waals surface area contributed by atoms with Crippen molar-refractivity contribution >= 4 is 23.2 Å². The summed E-state index contributed by atoms with van der Waals surface area (Å²) in [5.41, 5.74) is 1.05. The Kier molecular flexibility index (Phi) is 4.01. The first-order chi connectivity index (χ1) is 8.70. The Labute approximate surface area is 111 Å². The monoisotopic (exact) mass is 260 g/mol. The molecule has 1 aromatic rings. The van der Waals surface area contributed by atoms with Gasteiger partial charge in [-0.25, -0.2) is 0 Å². The van der Waals surface area contributed by atoms with Crippen LogP contribution in [0, 0.1) is 17.2 Å². The van der Waals surface area contributed by atoms with Crippen molar-refractivity contribution in [3.8, 4) is 6.07 Å². The molecule has 2 rings (SSSR count). The fraction of sp³-hybridized carbons (Fsp3) is 0.286. The lowest BCUT2D eigenvalue weighted by atomic mass is 9.93. The van der Waals surface area contributed by atoms with Crippen molar-refractivity contribution in [2.45, 2.75) is 19.3 Å². The number of anilines is 1. The lowest BCUT2D eigenvalue weighted by Gasteiger charge is -2.17. The first-order valence-corrected chi connectivity index (χ1v) is 6.24. The molecule has 1 amide bonds. The molecule has 1 aliphatic carbocycles. The zero-order valence-corrected chi connectivity index (χ0v) is 10.6. The van der Waals surface area contributed by atoms with Crippen LogP contribution in [-0.4, -0.2) is 5.91 Å². The highest BCUT2D eigenvalue weighted by Gasteiger charge is 2.18. The molecule has 1 atom stereocenters. The largest absolute Gasteiger partial charge is 0.326 e. The van der Waals surface area contributed by atoms with Crippen LogP contribution in [0.15, 0.2) is 30.4 Å². The highest BCUT2D eigenvalue weighted by Crippen LogP contribution is 2.23. The highest BCUT2D eigenvalue weighted by atomic mass is 35.5. The van der Waals surface area contributed by atoms with E-state index in [4.69, 9.17) is 16.9 Å². The predicted octanol–water partition coefficient (Wildman–Crippen LogP) is 3.51. The van der Waals surface area contributed by atoms with Gasteiger partial charge >= 0.3 is 0 Å². The van der Waals surface area contributed by atoms with Crippen molar-refractivity contribution < 1.29 is 4.79 Å². The third-order valence-corrected chi connectivity index (χ3v) is 3.31. The Balaban J connectivity index is 2.05. The maximum Gasteiger partial charge on any atom is 0.227 e. The Bertz CT molecular complexity index is 531. The van der Waals surface area contributed by atoms with E-state index in [1.165, 1.54) is 0 Å². The molecular weight excluding hydrogens is 248 g/mol. The van der Waals surface area contributed by atoms with E-state index < -0.39 is 0 Å². The van der Waals surface area contributed by atoms with E-state index in [1.54, 1.807) is 18.2 Å². The second-order valence-corrected chi connectivity index (χ2v) is 4.68. The van der Waals surface area contributed by atoms with Gasteiger partial charge in [0.2, 0.25) is 5.91 Å². The molecule has 1 aromatic carbocycles. The van der Waals surface area contributed by atoms with E-state index in [1.807, 2.05) is 12.1 Å². The fourth-order valence-corrected chi connectivity index (χ4v) is 2.18. The van der Waals surface area contributed by atoms with Crippen molar-refractivity contribution in [3.63, 3.8) is 0 Å². The summed E-state index contributed by atoms with van der Waals surface area (Å²) in [5, 5.41) is 12.0. The third kappa shape index (κ3) is 2.91. The van der Waals surface area contributed by atoms with Gasteiger partial charge in [-0.3, -0.25) is 4.79 Å². The number of carbonyl (C=O) groups is 1. The van der Waals surface area contributed by atoms with E-state index in [9.17, 15) is 4.79 Å². The number of nitrogens with zero attached hydrogens (tertiary/aromatic N) is 1. The molecular formula is C14H13ClN2O. The topological polar surface area (TPSA) is 52.9 Å². The quantitative estimate of drug-likeness (QED) is 0.828. The molecule has 0 spiro atoms. The maximum absolute atomic E-state index is 12.0. The van der Waals surface area contributed by atoms with Gasteiger partial charge in [0.15, 0.2) is 0 Å². The lowest BCUT2D eigenvalue weighted by molar-refractivity contribution is -0.120. The van der Waals surface area contributed by atoms with Crippen LogP contribution in [-0.2, 0) is 4.79 Å². The molecule has 1 unspecified atom stereocenters. The normalized spacial score (nSPS) is 18.1. The number of amides is 1. The molecule has 0 bridgehead atoms. The predicted molar refractivity (Wildman–Crippen MR) is 71.3 cm³/mol.